The maximum atomic E-state index is 13.0. The van der Waals surface area contributed by atoms with Gasteiger partial charge in [-0.2, -0.15) is 0 Å². The lowest BCUT2D eigenvalue weighted by Gasteiger charge is -2.50. The summed E-state index contributed by atoms with van der Waals surface area (Å²) in [6, 6.07) is 13.2. The highest BCUT2D eigenvalue weighted by Crippen LogP contribution is 2.45. The van der Waals surface area contributed by atoms with Crippen LogP contribution in [0.25, 0.3) is 0 Å². The Bertz CT molecular complexity index is 863. The summed E-state index contributed by atoms with van der Waals surface area (Å²) in [6.07, 6.45) is 3.92. The summed E-state index contributed by atoms with van der Waals surface area (Å²) in [5, 5.41) is 0.641. The Hall–Kier alpha value is -2.40. The molecule has 3 aliphatic rings. The van der Waals surface area contributed by atoms with E-state index < -0.39 is 6.10 Å². The molecule has 1 aliphatic carbocycles. The predicted octanol–water partition coefficient (Wildman–Crippen LogP) is 4.34. The van der Waals surface area contributed by atoms with Gasteiger partial charge in [0.05, 0.1) is 0 Å². The molecule has 0 spiro atoms. The van der Waals surface area contributed by atoms with Crippen molar-refractivity contribution < 1.29 is 19.0 Å². The standard InChI is InChI=1S/C21H20ClNO4/c22-14-6-8-16(9-7-14)27-20-19(23(21(20)24)15-3-1-2-4-15)13-5-10-17-18(11-13)26-12-25-17/h5-11,15,19-20H,1-4,12H2/t19-,20+/m1/s1. The fourth-order valence-electron chi connectivity index (χ4n) is 4.28. The number of hydrogen-bond donors (Lipinski definition) is 0. The minimum absolute atomic E-state index is 0.0551. The third-order valence-corrected chi connectivity index (χ3v) is 5.87. The molecule has 2 aliphatic heterocycles. The topological polar surface area (TPSA) is 48.0 Å². The van der Waals surface area contributed by atoms with Gasteiger partial charge in [0.15, 0.2) is 11.5 Å². The first-order chi connectivity index (χ1) is 13.2. The van der Waals surface area contributed by atoms with Gasteiger partial charge >= 0.3 is 0 Å². The molecule has 0 aromatic heterocycles. The van der Waals surface area contributed by atoms with Gasteiger partial charge in [-0.3, -0.25) is 4.79 Å². The van der Waals surface area contributed by atoms with Crippen LogP contribution in [0.4, 0.5) is 0 Å². The molecular weight excluding hydrogens is 366 g/mol. The van der Waals surface area contributed by atoms with Crippen molar-refractivity contribution in [1.29, 1.82) is 0 Å². The molecule has 2 aromatic rings. The van der Waals surface area contributed by atoms with Crippen LogP contribution in [0.15, 0.2) is 42.5 Å². The lowest BCUT2D eigenvalue weighted by molar-refractivity contribution is -0.169. The fraction of sp³-hybridized carbons (Fsp3) is 0.381. The van der Waals surface area contributed by atoms with Crippen LogP contribution >= 0.6 is 11.6 Å². The third-order valence-electron chi connectivity index (χ3n) is 5.62. The highest BCUT2D eigenvalue weighted by molar-refractivity contribution is 6.30. The normalized spacial score (nSPS) is 24.2. The molecule has 0 unspecified atom stereocenters. The zero-order chi connectivity index (χ0) is 18.4. The third kappa shape index (κ3) is 2.90. The van der Waals surface area contributed by atoms with Crippen molar-refractivity contribution in [3.8, 4) is 17.2 Å². The van der Waals surface area contributed by atoms with Crippen LogP contribution in [-0.4, -0.2) is 29.7 Å². The van der Waals surface area contributed by atoms with E-state index in [9.17, 15) is 4.79 Å². The van der Waals surface area contributed by atoms with E-state index in [1.807, 2.05) is 23.1 Å². The van der Waals surface area contributed by atoms with Crippen molar-refractivity contribution in [3.05, 3.63) is 53.1 Å². The van der Waals surface area contributed by atoms with Gasteiger partial charge in [-0.05, 0) is 54.8 Å². The molecule has 27 heavy (non-hydrogen) atoms. The van der Waals surface area contributed by atoms with Crippen LogP contribution < -0.4 is 14.2 Å². The SMILES string of the molecule is O=C1[C@@H](Oc2ccc(Cl)cc2)[C@@H](c2ccc3c(c2)OCO3)N1C1CCCC1. The van der Waals surface area contributed by atoms with Gasteiger partial charge in [0.25, 0.3) is 5.91 Å². The first-order valence-corrected chi connectivity index (χ1v) is 9.72. The summed E-state index contributed by atoms with van der Waals surface area (Å²) < 4.78 is 17.0. The van der Waals surface area contributed by atoms with Gasteiger partial charge in [-0.1, -0.05) is 30.5 Å². The number of likely N-dealkylation sites (tertiary alicyclic amines) is 1. The van der Waals surface area contributed by atoms with E-state index in [-0.39, 0.29) is 24.8 Å². The number of carbonyl (C=O) groups is 1. The van der Waals surface area contributed by atoms with Gasteiger partial charge in [0.2, 0.25) is 12.9 Å². The van der Waals surface area contributed by atoms with Crippen molar-refractivity contribution in [2.24, 2.45) is 0 Å². The number of benzene rings is 2. The first kappa shape index (κ1) is 16.8. The number of β-lactam (4-membered cyclic amide) rings is 1. The second-order valence-electron chi connectivity index (χ2n) is 7.23. The highest BCUT2D eigenvalue weighted by atomic mass is 35.5. The summed E-state index contributed by atoms with van der Waals surface area (Å²) in [5.41, 5.74) is 1.02. The lowest BCUT2D eigenvalue weighted by atomic mass is 9.87. The second kappa shape index (κ2) is 6.64. The molecule has 0 bridgehead atoms. The van der Waals surface area contributed by atoms with Gasteiger partial charge < -0.3 is 19.1 Å². The molecule has 5 rings (SSSR count). The van der Waals surface area contributed by atoms with Crippen LogP contribution in [0.1, 0.15) is 37.3 Å². The molecule has 0 N–H and O–H groups in total. The monoisotopic (exact) mass is 385 g/mol. The van der Waals surface area contributed by atoms with Crippen LogP contribution in [0.3, 0.4) is 0 Å². The molecule has 2 heterocycles. The fourth-order valence-corrected chi connectivity index (χ4v) is 4.41. The molecule has 2 fully saturated rings. The minimum atomic E-state index is -0.535. The second-order valence-corrected chi connectivity index (χ2v) is 7.67. The van der Waals surface area contributed by atoms with Crippen LogP contribution in [0, 0.1) is 0 Å². The average molecular weight is 386 g/mol. The average Bonchev–Trinajstić information content (AvgIpc) is 3.36. The van der Waals surface area contributed by atoms with Gasteiger partial charge in [0, 0.05) is 11.1 Å². The number of halogens is 1. The molecule has 140 valence electrons. The van der Waals surface area contributed by atoms with Crippen molar-refractivity contribution in [2.45, 2.75) is 43.9 Å². The predicted molar refractivity (Wildman–Crippen MR) is 100 cm³/mol. The quantitative estimate of drug-likeness (QED) is 0.734. The molecule has 2 atom stereocenters. The maximum absolute atomic E-state index is 13.0. The van der Waals surface area contributed by atoms with Crippen LogP contribution in [0.2, 0.25) is 5.02 Å². The van der Waals surface area contributed by atoms with E-state index >= 15 is 0 Å². The van der Waals surface area contributed by atoms with E-state index in [4.69, 9.17) is 25.8 Å². The molecule has 6 heteroatoms. The van der Waals surface area contributed by atoms with E-state index in [1.165, 1.54) is 12.8 Å². The zero-order valence-corrected chi connectivity index (χ0v) is 15.5. The van der Waals surface area contributed by atoms with Crippen LogP contribution in [-0.2, 0) is 4.79 Å². The highest BCUT2D eigenvalue weighted by Gasteiger charge is 2.53. The number of ether oxygens (including phenoxy) is 3. The minimum Gasteiger partial charge on any atom is -0.478 e. The number of hydrogen-bond acceptors (Lipinski definition) is 4. The summed E-state index contributed by atoms with van der Waals surface area (Å²) in [6.45, 7) is 0.236. The van der Waals surface area contributed by atoms with Crippen molar-refractivity contribution in [1.82, 2.24) is 4.90 Å². The Balaban J connectivity index is 1.45. The number of rotatable bonds is 4. The van der Waals surface area contributed by atoms with Gasteiger partial charge in [0.1, 0.15) is 11.8 Å². The molecule has 5 nitrogen and oxygen atoms in total. The van der Waals surface area contributed by atoms with Gasteiger partial charge in [-0.25, -0.2) is 0 Å². The Labute approximate surface area is 162 Å². The molecule has 2 aromatic carbocycles. The Morgan fingerprint density at radius 1 is 1.00 bits per heavy atom. The number of amides is 1. The summed E-state index contributed by atoms with van der Waals surface area (Å²) in [7, 11) is 0. The summed E-state index contributed by atoms with van der Waals surface area (Å²) in [5.74, 6) is 2.17. The lowest BCUT2D eigenvalue weighted by Crippen LogP contribution is -2.64. The number of fused-ring (bicyclic) bond motifs is 1. The molecule has 1 amide bonds. The van der Waals surface area contributed by atoms with Crippen molar-refractivity contribution >= 4 is 17.5 Å². The molecule has 0 radical (unpaired) electrons. The Kier molecular flexibility index (Phi) is 4.12. The molecular formula is C21H20ClNO4. The molecule has 1 saturated carbocycles. The Morgan fingerprint density at radius 2 is 1.74 bits per heavy atom. The first-order valence-electron chi connectivity index (χ1n) is 9.35. The number of carbonyl (C=O) groups excluding carboxylic acids is 1. The number of nitrogens with zero attached hydrogens (tertiary/aromatic N) is 1. The summed E-state index contributed by atoms with van der Waals surface area (Å²) in [4.78, 5) is 15.0. The van der Waals surface area contributed by atoms with Crippen LogP contribution in [0.5, 0.6) is 17.2 Å². The van der Waals surface area contributed by atoms with E-state index in [1.54, 1.807) is 24.3 Å². The Morgan fingerprint density at radius 3 is 2.52 bits per heavy atom. The zero-order valence-electron chi connectivity index (χ0n) is 14.8. The smallest absolute Gasteiger partial charge is 0.267 e. The van der Waals surface area contributed by atoms with Gasteiger partial charge in [-0.15, -0.1) is 0 Å². The van der Waals surface area contributed by atoms with E-state index in [2.05, 4.69) is 0 Å². The summed E-state index contributed by atoms with van der Waals surface area (Å²) >= 11 is 5.96. The van der Waals surface area contributed by atoms with E-state index in [0.29, 0.717) is 10.8 Å². The van der Waals surface area contributed by atoms with Crippen molar-refractivity contribution in [2.75, 3.05) is 6.79 Å². The molecule has 1 saturated heterocycles. The largest absolute Gasteiger partial charge is 0.478 e. The van der Waals surface area contributed by atoms with E-state index in [0.717, 1.165) is 29.9 Å². The maximum Gasteiger partial charge on any atom is 0.267 e. The van der Waals surface area contributed by atoms with Crippen molar-refractivity contribution in [3.63, 3.8) is 0 Å².